The number of ether oxygens (including phenoxy) is 2. The molecule has 2 aromatic carbocycles. The number of rotatable bonds is 6. The molecule has 0 aliphatic rings. The van der Waals surface area contributed by atoms with E-state index in [-0.39, 0.29) is 5.91 Å². The second-order valence-electron chi connectivity index (χ2n) is 5.10. The van der Waals surface area contributed by atoms with Crippen molar-refractivity contribution in [2.45, 2.75) is 6.42 Å². The highest BCUT2D eigenvalue weighted by Gasteiger charge is 2.10. The minimum atomic E-state index is 0.00408. The fraction of sp³-hybridized carbons (Fsp3) is 0.211. The van der Waals surface area contributed by atoms with Gasteiger partial charge >= 0.3 is 0 Å². The average molecular weight is 311 g/mol. The Morgan fingerprint density at radius 2 is 1.74 bits per heavy atom. The highest BCUT2D eigenvalue weighted by molar-refractivity contribution is 5.80. The van der Waals surface area contributed by atoms with E-state index in [2.05, 4.69) is 0 Å². The van der Waals surface area contributed by atoms with Gasteiger partial charge in [-0.1, -0.05) is 36.4 Å². The predicted molar refractivity (Wildman–Crippen MR) is 91.5 cm³/mol. The average Bonchev–Trinajstić information content (AvgIpc) is 2.60. The molecule has 0 fully saturated rings. The molecule has 2 aromatic rings. The molecule has 0 bridgehead atoms. The van der Waals surface area contributed by atoms with E-state index in [0.29, 0.717) is 17.9 Å². The van der Waals surface area contributed by atoms with Crippen LogP contribution in [0.2, 0.25) is 0 Å². The van der Waals surface area contributed by atoms with Crippen LogP contribution in [0.1, 0.15) is 11.1 Å². The highest BCUT2D eigenvalue weighted by Crippen LogP contribution is 2.27. The normalized spacial score (nSPS) is 10.6. The maximum atomic E-state index is 12.3. The van der Waals surface area contributed by atoms with Crippen LogP contribution >= 0.6 is 0 Å². The van der Waals surface area contributed by atoms with Crippen LogP contribution in [0, 0.1) is 0 Å². The van der Waals surface area contributed by atoms with Crippen LogP contribution in [0.4, 0.5) is 0 Å². The third-order valence-electron chi connectivity index (χ3n) is 3.49. The molecule has 0 aromatic heterocycles. The van der Waals surface area contributed by atoms with Gasteiger partial charge in [0.25, 0.3) is 0 Å². The quantitative estimate of drug-likeness (QED) is 0.821. The van der Waals surface area contributed by atoms with Gasteiger partial charge in [-0.2, -0.15) is 0 Å². The van der Waals surface area contributed by atoms with E-state index in [1.165, 1.54) is 0 Å². The van der Waals surface area contributed by atoms with E-state index in [4.69, 9.17) is 9.47 Å². The van der Waals surface area contributed by atoms with Gasteiger partial charge < -0.3 is 14.4 Å². The van der Waals surface area contributed by atoms with Crippen LogP contribution < -0.4 is 9.47 Å². The van der Waals surface area contributed by atoms with Crippen LogP contribution in [-0.4, -0.2) is 32.1 Å². The summed E-state index contributed by atoms with van der Waals surface area (Å²) in [5.41, 5.74) is 1.94. The summed E-state index contributed by atoms with van der Waals surface area (Å²) < 4.78 is 10.5. The summed E-state index contributed by atoms with van der Waals surface area (Å²) in [5, 5.41) is 0. The minimum Gasteiger partial charge on any atom is -0.493 e. The Balaban J connectivity index is 2.02. The zero-order valence-corrected chi connectivity index (χ0v) is 13.7. The summed E-state index contributed by atoms with van der Waals surface area (Å²) in [4.78, 5) is 13.9. The van der Waals surface area contributed by atoms with Gasteiger partial charge in [0.15, 0.2) is 11.5 Å². The number of benzene rings is 2. The Kier molecular flexibility index (Phi) is 5.80. The lowest BCUT2D eigenvalue weighted by Crippen LogP contribution is -2.22. The van der Waals surface area contributed by atoms with E-state index in [1.807, 2.05) is 48.5 Å². The molecule has 120 valence electrons. The van der Waals surface area contributed by atoms with Gasteiger partial charge in [-0.15, -0.1) is 0 Å². The molecule has 2 rings (SSSR count). The standard InChI is InChI=1S/C19H21NO3/c1-20(12-11-15-7-5-4-6-8-15)19(21)14-16-9-10-17(22-2)18(13-16)23-3/h4-13H,14H2,1-3H3/b12-11+. The third-order valence-corrected chi connectivity index (χ3v) is 3.49. The summed E-state index contributed by atoms with van der Waals surface area (Å²) in [5.74, 6) is 1.28. The molecule has 0 atom stereocenters. The molecule has 0 saturated heterocycles. The molecule has 4 heteroatoms. The van der Waals surface area contributed by atoms with Crippen LogP contribution in [0.3, 0.4) is 0 Å². The SMILES string of the molecule is COc1ccc(CC(=O)N(C)/C=C/c2ccccc2)cc1OC. The van der Waals surface area contributed by atoms with Crippen molar-refractivity contribution in [1.82, 2.24) is 4.90 Å². The maximum absolute atomic E-state index is 12.3. The topological polar surface area (TPSA) is 38.8 Å². The Bertz CT molecular complexity index is 680. The van der Waals surface area contributed by atoms with Gasteiger partial charge in [0.05, 0.1) is 20.6 Å². The number of nitrogens with zero attached hydrogens (tertiary/aromatic N) is 1. The first-order chi connectivity index (χ1) is 11.1. The number of methoxy groups -OCH3 is 2. The van der Waals surface area contributed by atoms with Gasteiger partial charge in [-0.3, -0.25) is 4.79 Å². The molecule has 0 aliphatic heterocycles. The molecule has 0 radical (unpaired) electrons. The van der Waals surface area contributed by atoms with Crippen molar-refractivity contribution in [3.05, 3.63) is 65.9 Å². The number of hydrogen-bond acceptors (Lipinski definition) is 3. The van der Waals surface area contributed by atoms with Crippen LogP contribution in [0.15, 0.2) is 54.7 Å². The second kappa shape index (κ2) is 8.03. The van der Waals surface area contributed by atoms with Gasteiger partial charge in [0.2, 0.25) is 5.91 Å². The summed E-state index contributed by atoms with van der Waals surface area (Å²) in [6.07, 6.45) is 3.99. The van der Waals surface area contributed by atoms with Crippen molar-refractivity contribution in [2.75, 3.05) is 21.3 Å². The lowest BCUT2D eigenvalue weighted by atomic mass is 10.1. The van der Waals surface area contributed by atoms with Crippen molar-refractivity contribution in [3.63, 3.8) is 0 Å². The van der Waals surface area contributed by atoms with Crippen LogP contribution in [0.5, 0.6) is 11.5 Å². The lowest BCUT2D eigenvalue weighted by Gasteiger charge is -2.13. The number of carbonyl (C=O) groups is 1. The largest absolute Gasteiger partial charge is 0.493 e. The summed E-state index contributed by atoms with van der Waals surface area (Å²) in [6.45, 7) is 0. The number of carbonyl (C=O) groups excluding carboxylic acids is 1. The second-order valence-corrected chi connectivity index (χ2v) is 5.10. The van der Waals surface area contributed by atoms with Crippen molar-refractivity contribution in [2.24, 2.45) is 0 Å². The Labute approximate surface area is 137 Å². The molecular formula is C19H21NO3. The molecule has 23 heavy (non-hydrogen) atoms. The summed E-state index contributed by atoms with van der Waals surface area (Å²) in [7, 11) is 4.92. The first kappa shape index (κ1) is 16.6. The molecule has 0 N–H and O–H groups in total. The van der Waals surface area contributed by atoms with Crippen molar-refractivity contribution >= 4 is 12.0 Å². The van der Waals surface area contributed by atoms with Gasteiger partial charge in [0, 0.05) is 13.2 Å². The first-order valence-electron chi connectivity index (χ1n) is 7.34. The molecule has 4 nitrogen and oxygen atoms in total. The summed E-state index contributed by atoms with van der Waals surface area (Å²) >= 11 is 0. The van der Waals surface area contributed by atoms with Crippen molar-refractivity contribution < 1.29 is 14.3 Å². The highest BCUT2D eigenvalue weighted by atomic mass is 16.5. The smallest absolute Gasteiger partial charge is 0.230 e. The van der Waals surface area contributed by atoms with Crippen LogP contribution in [0.25, 0.3) is 6.08 Å². The fourth-order valence-electron chi connectivity index (χ4n) is 2.14. The molecule has 0 heterocycles. The van der Waals surface area contributed by atoms with Gasteiger partial charge in [-0.25, -0.2) is 0 Å². The van der Waals surface area contributed by atoms with E-state index < -0.39 is 0 Å². The van der Waals surface area contributed by atoms with E-state index >= 15 is 0 Å². The van der Waals surface area contributed by atoms with Gasteiger partial charge in [-0.05, 0) is 29.3 Å². The number of likely N-dealkylation sites (N-methyl/N-ethyl adjacent to an activating group) is 1. The third kappa shape index (κ3) is 4.61. The van der Waals surface area contributed by atoms with Gasteiger partial charge in [0.1, 0.15) is 0 Å². The predicted octanol–water partition coefficient (Wildman–Crippen LogP) is 3.38. The first-order valence-corrected chi connectivity index (χ1v) is 7.34. The van der Waals surface area contributed by atoms with E-state index in [9.17, 15) is 4.79 Å². The summed E-state index contributed by atoms with van der Waals surface area (Å²) in [6, 6.07) is 15.4. The van der Waals surface area contributed by atoms with Crippen molar-refractivity contribution in [1.29, 1.82) is 0 Å². The number of hydrogen-bond donors (Lipinski definition) is 0. The Morgan fingerprint density at radius 1 is 1.04 bits per heavy atom. The molecule has 0 unspecified atom stereocenters. The molecular weight excluding hydrogens is 290 g/mol. The zero-order valence-electron chi connectivity index (χ0n) is 13.7. The zero-order chi connectivity index (χ0) is 16.7. The monoisotopic (exact) mass is 311 g/mol. The fourth-order valence-corrected chi connectivity index (χ4v) is 2.14. The molecule has 0 saturated carbocycles. The number of amides is 1. The lowest BCUT2D eigenvalue weighted by molar-refractivity contribution is -0.126. The van der Waals surface area contributed by atoms with Crippen molar-refractivity contribution in [3.8, 4) is 11.5 Å². The minimum absolute atomic E-state index is 0.00408. The van der Waals surface area contributed by atoms with E-state index in [0.717, 1.165) is 11.1 Å². The molecule has 0 aliphatic carbocycles. The van der Waals surface area contributed by atoms with Crippen LogP contribution in [-0.2, 0) is 11.2 Å². The Hall–Kier alpha value is -2.75. The van der Waals surface area contributed by atoms with E-state index in [1.54, 1.807) is 38.4 Å². The Morgan fingerprint density at radius 3 is 2.39 bits per heavy atom. The molecule has 1 amide bonds. The molecule has 0 spiro atoms. The maximum Gasteiger partial charge on any atom is 0.230 e.